The number of aromatic nitrogens is 3. The van der Waals surface area contributed by atoms with Crippen LogP contribution in [-0.4, -0.2) is 240 Å². The molecule has 33 heteroatoms. The maximum Gasteiger partial charge on any atom is 0.446 e. The highest BCUT2D eigenvalue weighted by Gasteiger charge is 2.50. The van der Waals surface area contributed by atoms with E-state index < -0.39 is 181 Å². The summed E-state index contributed by atoms with van der Waals surface area (Å²) in [6, 6.07) is 4.07. The number of anilines is 1. The van der Waals surface area contributed by atoms with E-state index in [2.05, 4.69) is 58.0 Å². The van der Waals surface area contributed by atoms with Gasteiger partial charge in [0, 0.05) is 81.3 Å². The van der Waals surface area contributed by atoms with E-state index in [-0.39, 0.29) is 30.5 Å². The SMILES string of the molecule is C[C@@H](O)[C@@H]1NC(=O)[C@@H](NC[C@H]2CC[C@H](c3nnc(-c4ccc(-c5ccc(N6CCC(OCC7CCC7)CC6)nc5)cc4)s3)CC2)C[C@@H](O)CNC(=O)[C@@H]2[C@@H](O)[C@@H](C)CN2C(=O)[C@H]([C@H](O)CC(N)=O)NC(=O)[C@H]([C@H](O)Cc2ccc(O)c(OS(=O)(=O)O)c2)NC(=O)[C@@H]2C[C@@H](O)CN2C1=O. The highest BCUT2D eigenvalue weighted by molar-refractivity contribution is 7.81. The number of aliphatic hydroxyl groups excluding tert-OH is 6. The second kappa shape index (κ2) is 32.2. The second-order valence-electron chi connectivity index (χ2n) is 26.9. The summed E-state index contributed by atoms with van der Waals surface area (Å²) >= 11 is 1.52. The number of piperidine rings is 1. The van der Waals surface area contributed by atoms with Crippen LogP contribution in [0.2, 0.25) is 0 Å². The number of β-amino-alcohol motifs (C(OH)–C–C–N with tert-alkyl or cyclic N) is 1. The Balaban J connectivity index is 0.828. The van der Waals surface area contributed by atoms with Gasteiger partial charge in [-0.3, -0.25) is 38.1 Å². The highest BCUT2D eigenvalue weighted by Crippen LogP contribution is 2.40. The minimum atomic E-state index is -5.22. The smallest absolute Gasteiger partial charge is 0.446 e. The van der Waals surface area contributed by atoms with Gasteiger partial charge in [-0.15, -0.1) is 10.2 Å². The number of nitrogens with one attached hydrogen (secondary N) is 5. The van der Waals surface area contributed by atoms with Gasteiger partial charge >= 0.3 is 10.4 Å². The Bertz CT molecular complexity index is 3590. The number of phenols is 1. The summed E-state index contributed by atoms with van der Waals surface area (Å²) in [5.74, 6) is -8.87. The summed E-state index contributed by atoms with van der Waals surface area (Å²) in [5, 5.41) is 102. The third-order valence-corrected chi connectivity index (χ3v) is 21.1. The fourth-order valence-corrected chi connectivity index (χ4v) is 15.1. The van der Waals surface area contributed by atoms with Gasteiger partial charge < -0.3 is 91.7 Å². The van der Waals surface area contributed by atoms with Crippen molar-refractivity contribution in [3.05, 3.63) is 71.4 Å². The standard InChI is InChI=1S/C65H88N12O19S2/c1-33-30-77-56(57(33)85)61(89)69-29-42(79)24-45(67-27-35-6-9-39(10-7-35)62-73-74-63(97-62)40-13-11-38(12-14-40)41-15-17-52(68-28-41)75-20-18-44(19-21-75)95-32-36-4-3-5-36)58(86)70-53(34(2)78)64(90)76-31-43(80)25-46(76)59(87)71-54(60(88)72-55(65(77)91)49(83)26-51(66)84)48(82)22-37-8-16-47(81)50(23-37)96-98(92,93)94/h8,11-17,23,28,33-36,39,42-46,48-49,53-57,67,78-83,85H,3-7,9-10,18-22,24-27,29-32H2,1-2H3,(H2,66,84)(H,69,89)(H,70,86)(H,71,87)(H,72,88)(H,92,93,94)/t33-,34+,35-,39-,42+,43+,45-,46-,48+,49+,53-,54-,55-,56-,57-/m0/s1. The Morgan fingerprint density at radius 1 is 0.755 bits per heavy atom. The van der Waals surface area contributed by atoms with Crippen molar-refractivity contribution in [3.63, 3.8) is 0 Å². The zero-order chi connectivity index (χ0) is 70.3. The van der Waals surface area contributed by atoms with Gasteiger partial charge in [-0.1, -0.05) is 55.0 Å². The van der Waals surface area contributed by atoms with E-state index >= 15 is 0 Å². The number of phenolic OH excluding ortho intramolecular Hbond substituents is 1. The molecule has 4 aliphatic heterocycles. The number of nitrogens with two attached hydrogens (primary N) is 1. The summed E-state index contributed by atoms with van der Waals surface area (Å²) in [7, 11) is -5.22. The van der Waals surface area contributed by atoms with Crippen LogP contribution in [-0.2, 0) is 55.1 Å². The predicted molar refractivity (Wildman–Crippen MR) is 351 cm³/mol. The van der Waals surface area contributed by atoms with Crippen LogP contribution in [0.25, 0.3) is 21.7 Å². The van der Waals surface area contributed by atoms with Crippen molar-refractivity contribution >= 4 is 68.9 Å². The molecule has 31 nitrogen and oxygen atoms in total. The van der Waals surface area contributed by atoms with E-state index in [4.69, 9.17) is 15.5 Å². The number of carbonyl (C=O) groups is 7. The molecule has 10 rings (SSSR count). The molecule has 0 spiro atoms. The van der Waals surface area contributed by atoms with Gasteiger partial charge in [0.15, 0.2) is 11.5 Å². The molecular weight excluding hydrogens is 1320 g/mol. The molecule has 98 heavy (non-hydrogen) atoms. The van der Waals surface area contributed by atoms with Gasteiger partial charge in [0.2, 0.25) is 41.4 Å². The Hall–Kier alpha value is -7.57. The molecule has 4 aromatic rings. The minimum absolute atomic E-state index is 0.0155. The van der Waals surface area contributed by atoms with Crippen molar-refractivity contribution in [3.8, 4) is 33.2 Å². The molecule has 0 bridgehead atoms. The maximum atomic E-state index is 14.7. The van der Waals surface area contributed by atoms with Crippen LogP contribution in [0.1, 0.15) is 107 Å². The zero-order valence-corrected chi connectivity index (χ0v) is 56.0. The molecule has 13 atom stereocenters. The lowest BCUT2D eigenvalue weighted by Crippen LogP contribution is -2.64. The van der Waals surface area contributed by atoms with Crippen LogP contribution in [0.15, 0.2) is 60.8 Å². The lowest BCUT2D eigenvalue weighted by molar-refractivity contribution is -0.147. The normalized spacial score (nSPS) is 28.6. The number of rotatable bonds is 19. The van der Waals surface area contributed by atoms with E-state index in [1.54, 1.807) is 0 Å². The van der Waals surface area contributed by atoms with Gasteiger partial charge in [-0.25, -0.2) is 4.98 Å². The Kier molecular flexibility index (Phi) is 24.0. The van der Waals surface area contributed by atoms with E-state index in [0.29, 0.717) is 18.9 Å². The van der Waals surface area contributed by atoms with Gasteiger partial charge in [-0.05, 0) is 118 Å². The molecule has 0 unspecified atom stereocenters. The number of primary amides is 1. The third kappa shape index (κ3) is 18.3. The molecule has 6 aliphatic rings. The first-order chi connectivity index (χ1) is 46.7. The molecule has 2 aromatic heterocycles. The van der Waals surface area contributed by atoms with E-state index in [1.807, 2.05) is 30.5 Å². The van der Waals surface area contributed by atoms with Crippen LogP contribution in [0, 0.1) is 17.8 Å². The number of ether oxygens (including phenoxy) is 1. The topological polar surface area (TPSA) is 468 Å². The third-order valence-electron chi connectivity index (χ3n) is 19.6. The quantitative estimate of drug-likeness (QED) is 0.0495. The molecule has 7 amide bonds. The largest absolute Gasteiger partial charge is 0.504 e. The molecule has 2 saturated carbocycles. The fourth-order valence-electron chi connectivity index (χ4n) is 13.7. The average molecular weight is 1410 g/mol. The van der Waals surface area contributed by atoms with Crippen molar-refractivity contribution in [1.82, 2.24) is 51.6 Å². The molecule has 6 fully saturated rings. The Labute approximate surface area is 570 Å². The lowest BCUT2D eigenvalue weighted by atomic mass is 9.82. The Morgan fingerprint density at radius 3 is 2.08 bits per heavy atom. The number of nitrogens with zero attached hydrogens (tertiary/aromatic N) is 6. The number of fused-ring (bicyclic) bond motifs is 2. The first-order valence-corrected chi connectivity index (χ1v) is 35.5. The second-order valence-corrected chi connectivity index (χ2v) is 28.9. The molecule has 2 aromatic carbocycles. The summed E-state index contributed by atoms with van der Waals surface area (Å²) in [5.41, 5.74) is 8.24. The van der Waals surface area contributed by atoms with Gasteiger partial charge in [-0.2, -0.15) is 8.42 Å². The molecule has 534 valence electrons. The van der Waals surface area contributed by atoms with Crippen molar-refractivity contribution in [1.29, 1.82) is 0 Å². The van der Waals surface area contributed by atoms with Gasteiger partial charge in [0.05, 0.1) is 55.2 Å². The van der Waals surface area contributed by atoms with Crippen molar-refractivity contribution in [2.75, 3.05) is 50.8 Å². The number of carbonyl (C=O) groups excluding carboxylic acids is 7. The molecule has 6 heterocycles. The van der Waals surface area contributed by atoms with Gasteiger partial charge in [0.25, 0.3) is 0 Å². The van der Waals surface area contributed by atoms with E-state index in [1.165, 1.54) is 44.4 Å². The number of aromatic hydroxyl groups is 1. The molecule has 4 saturated heterocycles. The monoisotopic (exact) mass is 1400 g/mol. The van der Waals surface area contributed by atoms with Gasteiger partial charge in [0.1, 0.15) is 46.0 Å². The minimum Gasteiger partial charge on any atom is -0.504 e. The summed E-state index contributed by atoms with van der Waals surface area (Å²) in [4.78, 5) is 108. The number of amides is 7. The fraction of sp³-hybridized carbons (Fsp3) is 0.600. The summed E-state index contributed by atoms with van der Waals surface area (Å²) < 4.78 is 43.1. The highest BCUT2D eigenvalue weighted by atomic mass is 32.3. The molecule has 0 radical (unpaired) electrons. The number of benzene rings is 2. The van der Waals surface area contributed by atoms with Crippen molar-refractivity contribution in [2.24, 2.45) is 23.5 Å². The molecule has 2 aliphatic carbocycles. The number of hydrogen-bond donors (Lipinski definition) is 14. The lowest BCUT2D eigenvalue weighted by Gasteiger charge is -2.34. The average Bonchev–Trinajstić information content (AvgIpc) is 1.64. The van der Waals surface area contributed by atoms with Crippen molar-refractivity contribution < 1.29 is 91.2 Å². The predicted octanol–water partition coefficient (Wildman–Crippen LogP) is -1.10. The van der Waals surface area contributed by atoms with Crippen LogP contribution < -0.4 is 41.4 Å². The van der Waals surface area contributed by atoms with Crippen LogP contribution >= 0.6 is 11.3 Å². The molecular formula is C65H88N12O19S2. The molecule has 15 N–H and O–H groups in total. The first-order valence-electron chi connectivity index (χ1n) is 33.3. The zero-order valence-electron chi connectivity index (χ0n) is 54.4. The van der Waals surface area contributed by atoms with E-state index in [0.717, 1.165) is 112 Å². The first kappa shape index (κ1) is 73.2. The van der Waals surface area contributed by atoms with Crippen LogP contribution in [0.3, 0.4) is 0 Å². The Morgan fingerprint density at radius 2 is 1.43 bits per heavy atom. The summed E-state index contributed by atoms with van der Waals surface area (Å²) in [6.45, 7) is 4.05. The van der Waals surface area contributed by atoms with Crippen LogP contribution in [0.4, 0.5) is 5.82 Å². The van der Waals surface area contributed by atoms with Crippen LogP contribution in [0.5, 0.6) is 11.5 Å². The number of hydrogen-bond acceptors (Lipinski definition) is 24. The van der Waals surface area contributed by atoms with E-state index in [9.17, 15) is 82.3 Å². The number of aliphatic hydroxyl groups is 6. The summed E-state index contributed by atoms with van der Waals surface area (Å²) in [6.07, 6.45) is -2.32. The maximum absolute atomic E-state index is 14.7. The van der Waals surface area contributed by atoms with Crippen molar-refractivity contribution in [2.45, 2.75) is 182 Å². The number of pyridine rings is 1.